The van der Waals surface area contributed by atoms with Crippen LogP contribution in [0, 0.1) is 5.92 Å². The second-order valence-electron chi connectivity index (χ2n) is 6.43. The van der Waals surface area contributed by atoms with Gasteiger partial charge in [-0.15, -0.1) is 0 Å². The monoisotopic (exact) mass is 398 g/mol. The van der Waals surface area contributed by atoms with Crippen LogP contribution in [-0.4, -0.2) is 19.2 Å². The molecule has 0 aliphatic carbocycles. The van der Waals surface area contributed by atoms with Crippen LogP contribution in [0.1, 0.15) is 16.4 Å². The molecule has 2 aliphatic rings. The highest BCUT2D eigenvalue weighted by Gasteiger charge is 2.47. The highest BCUT2D eigenvalue weighted by molar-refractivity contribution is 8.87. The molecule has 0 spiro atoms. The minimum absolute atomic E-state index is 0.188. The fourth-order valence-corrected chi connectivity index (χ4v) is 11.1. The molecule has 132 valence electrons. The molecule has 0 saturated carbocycles. The molecule has 0 bridgehead atoms. The molecule has 0 saturated heterocycles. The first kappa shape index (κ1) is 17.9. The Morgan fingerprint density at radius 2 is 1.77 bits per heavy atom. The first-order valence-corrected chi connectivity index (χ1v) is 13.0. The summed E-state index contributed by atoms with van der Waals surface area (Å²) in [6.45, 7) is 0. The van der Waals surface area contributed by atoms with Gasteiger partial charge in [0.1, 0.15) is 5.92 Å². The largest absolute Gasteiger partial charge is 0.539 e. The second-order valence-corrected chi connectivity index (χ2v) is 14.4. The Balaban J connectivity index is 1.76. The van der Waals surface area contributed by atoms with Crippen molar-refractivity contribution >= 4 is 40.8 Å². The fraction of sp³-hybridized carbons (Fsp3) is 0.190. The Kier molecular flexibility index (Phi) is 5.00. The van der Waals surface area contributed by atoms with Gasteiger partial charge in [-0.1, -0.05) is 60.7 Å². The van der Waals surface area contributed by atoms with E-state index in [2.05, 4.69) is 36.4 Å². The summed E-state index contributed by atoms with van der Waals surface area (Å²) < 4.78 is 5.11. The Morgan fingerprint density at radius 1 is 1.12 bits per heavy atom. The maximum absolute atomic E-state index is 12.5. The van der Waals surface area contributed by atoms with E-state index < -0.39 is 5.67 Å². The van der Waals surface area contributed by atoms with Crippen LogP contribution in [0.25, 0.3) is 5.57 Å². The predicted molar refractivity (Wildman–Crippen MR) is 114 cm³/mol. The summed E-state index contributed by atoms with van der Waals surface area (Å²) in [5, 5.41) is 1.51. The predicted octanol–water partition coefficient (Wildman–Crippen LogP) is 5.64. The molecule has 0 N–H and O–H groups in total. The van der Waals surface area contributed by atoms with Gasteiger partial charge in [0.05, 0.1) is 23.8 Å². The molecule has 4 rings (SSSR count). The number of fused-ring (bicyclic) bond motifs is 1. The number of esters is 1. The third-order valence-electron chi connectivity index (χ3n) is 4.82. The average Bonchev–Trinajstić information content (AvgIpc) is 3.04. The van der Waals surface area contributed by atoms with Crippen molar-refractivity contribution in [2.24, 2.45) is 5.92 Å². The van der Waals surface area contributed by atoms with E-state index in [0.29, 0.717) is 6.16 Å². The first-order chi connectivity index (χ1) is 12.6. The molecule has 0 amide bonds. The molecule has 0 aromatic heterocycles. The Hall–Kier alpha value is -1.48. The molecule has 3 unspecified atom stereocenters. The minimum atomic E-state index is -1.84. The molecule has 2 heterocycles. The summed E-state index contributed by atoms with van der Waals surface area (Å²) in [7, 11) is 1.46. The van der Waals surface area contributed by atoms with Crippen LogP contribution in [0.3, 0.4) is 0 Å². The zero-order valence-electron chi connectivity index (χ0n) is 14.4. The van der Waals surface area contributed by atoms with Crippen LogP contribution in [0.2, 0.25) is 0 Å². The maximum Gasteiger partial charge on any atom is 0.316 e. The van der Waals surface area contributed by atoms with Crippen molar-refractivity contribution in [3.8, 4) is 0 Å². The number of allylic oxidation sites excluding steroid dienone is 2. The summed E-state index contributed by atoms with van der Waals surface area (Å²) in [4.78, 5) is 12.5. The number of ether oxygens (including phenoxy) is 1. The quantitative estimate of drug-likeness (QED) is 0.380. The third kappa shape index (κ3) is 3.26. The highest BCUT2D eigenvalue weighted by Crippen LogP contribution is 2.84. The van der Waals surface area contributed by atoms with E-state index in [1.807, 2.05) is 47.8 Å². The number of carbonyl (C=O) groups excluding carboxylic acids is 1. The lowest BCUT2D eigenvalue weighted by Crippen LogP contribution is -2.24. The van der Waals surface area contributed by atoms with Crippen molar-refractivity contribution in [1.82, 2.24) is 0 Å². The molecule has 2 aromatic rings. The van der Waals surface area contributed by atoms with E-state index in [0.717, 1.165) is 11.1 Å². The van der Waals surface area contributed by atoms with E-state index in [1.165, 1.54) is 18.0 Å². The van der Waals surface area contributed by atoms with E-state index in [9.17, 15) is 4.79 Å². The van der Waals surface area contributed by atoms with Crippen molar-refractivity contribution in [2.75, 3.05) is 13.3 Å². The van der Waals surface area contributed by atoms with E-state index in [-0.39, 0.29) is 17.1 Å². The molecule has 2 aliphatic heterocycles. The number of rotatable bonds is 3. The number of benzene rings is 2. The Bertz CT molecular complexity index is 879. The van der Waals surface area contributed by atoms with E-state index >= 15 is 0 Å². The van der Waals surface area contributed by atoms with Crippen molar-refractivity contribution < 1.29 is 9.53 Å². The van der Waals surface area contributed by atoms with Crippen LogP contribution in [-0.2, 0) is 21.8 Å². The highest BCUT2D eigenvalue weighted by atomic mass is 33.1. The normalized spacial score (nSPS) is 27.3. The Labute approximate surface area is 164 Å². The van der Waals surface area contributed by atoms with Crippen LogP contribution < -0.4 is 0 Å². The minimum Gasteiger partial charge on any atom is -0.539 e. The number of hydrogen-bond acceptors (Lipinski definition) is 4. The second kappa shape index (κ2) is 7.26. The van der Waals surface area contributed by atoms with Gasteiger partial charge >= 0.3 is 5.97 Å². The maximum atomic E-state index is 12.5. The fourth-order valence-electron chi connectivity index (χ4n) is 3.50. The lowest BCUT2D eigenvalue weighted by molar-refractivity contribution is -0.142. The molecule has 2 nitrogen and oxygen atoms in total. The summed E-state index contributed by atoms with van der Waals surface area (Å²) >= 11 is 7.98. The topological polar surface area (TPSA) is 26.3 Å². The third-order valence-corrected chi connectivity index (χ3v) is 12.3. The van der Waals surface area contributed by atoms with Gasteiger partial charge in [0.15, 0.2) is 0 Å². The van der Waals surface area contributed by atoms with Gasteiger partial charge in [-0.05, 0) is 34.5 Å². The van der Waals surface area contributed by atoms with Gasteiger partial charge in [-0.25, -0.2) is 0 Å². The molecule has 5 heteroatoms. The van der Waals surface area contributed by atoms with Gasteiger partial charge in [0.2, 0.25) is 0 Å². The molecule has 0 fully saturated rings. The Morgan fingerprint density at radius 3 is 2.42 bits per heavy atom. The smallest absolute Gasteiger partial charge is 0.316 e. The van der Waals surface area contributed by atoms with Crippen LogP contribution in [0.4, 0.5) is 0 Å². The number of carbonyl (C=O) groups is 1. The number of methoxy groups -OCH3 is 1. The first-order valence-electron chi connectivity index (χ1n) is 8.50. The summed E-state index contributed by atoms with van der Waals surface area (Å²) in [6.07, 6.45) is 5.16. The molecular weight excluding hydrogens is 379 g/mol. The zero-order valence-corrected chi connectivity index (χ0v) is 16.9. The van der Waals surface area contributed by atoms with E-state index in [1.54, 1.807) is 0 Å². The van der Waals surface area contributed by atoms with Gasteiger partial charge in [-0.3, -0.25) is 4.79 Å². The molecular formula is C21H19O2PS2. The summed E-state index contributed by atoms with van der Waals surface area (Å²) in [5.41, 5.74) is 1.52. The summed E-state index contributed by atoms with van der Waals surface area (Å²) in [5.74, 6) is -0.473. The van der Waals surface area contributed by atoms with Gasteiger partial charge in [0, 0.05) is 11.4 Å². The SMILES string of the molecule is COC(=O)C1C[P+]2([S-])SC(c3ccccc3)C=C2C=C1c1ccccc1. The number of hydrogen-bond donors (Lipinski definition) is 0. The van der Waals surface area contributed by atoms with Crippen LogP contribution in [0.5, 0.6) is 0 Å². The van der Waals surface area contributed by atoms with Gasteiger partial charge in [-0.2, -0.15) is 0 Å². The average molecular weight is 398 g/mol. The molecule has 3 atom stereocenters. The van der Waals surface area contributed by atoms with Crippen molar-refractivity contribution in [2.45, 2.75) is 5.25 Å². The van der Waals surface area contributed by atoms with Crippen molar-refractivity contribution in [3.05, 3.63) is 89.3 Å². The molecule has 0 radical (unpaired) electrons. The van der Waals surface area contributed by atoms with Gasteiger partial charge in [0.25, 0.3) is 0 Å². The van der Waals surface area contributed by atoms with Crippen LogP contribution in [0.15, 0.2) is 78.1 Å². The standard InChI is InChI=1S/C21H19O2PS2/c1-23-21(22)19-14-24(25)17(12-18(19)15-8-4-2-5-9-15)13-20(26-24)16-10-6-3-7-11-16/h2-13,19-20H,14H2,1H3. The summed E-state index contributed by atoms with van der Waals surface area (Å²) in [6, 6.07) is 20.5. The van der Waals surface area contributed by atoms with Crippen molar-refractivity contribution in [3.63, 3.8) is 0 Å². The van der Waals surface area contributed by atoms with Gasteiger partial charge < -0.3 is 17.0 Å². The molecule has 26 heavy (non-hydrogen) atoms. The lowest BCUT2D eigenvalue weighted by atomic mass is 9.92. The lowest BCUT2D eigenvalue weighted by Gasteiger charge is -2.36. The van der Waals surface area contributed by atoms with E-state index in [4.69, 9.17) is 17.0 Å². The van der Waals surface area contributed by atoms with Crippen LogP contribution >= 0.6 is 17.0 Å². The van der Waals surface area contributed by atoms with Crippen molar-refractivity contribution in [1.29, 1.82) is 0 Å². The zero-order chi connectivity index (χ0) is 18.1. The molecule has 2 aromatic carbocycles.